The first-order valence-electron chi connectivity index (χ1n) is 11.1. The van der Waals surface area contributed by atoms with Gasteiger partial charge >= 0.3 is 0 Å². The summed E-state index contributed by atoms with van der Waals surface area (Å²) >= 11 is 0. The second kappa shape index (κ2) is 10.7. The van der Waals surface area contributed by atoms with Gasteiger partial charge < -0.3 is 5.73 Å². The number of nitro groups is 1. The molecule has 1 aromatic heterocycles. The number of rotatable bonds is 8. The van der Waals surface area contributed by atoms with Crippen LogP contribution >= 0.6 is 0 Å². The fourth-order valence-corrected chi connectivity index (χ4v) is 3.77. The molecule has 1 aliphatic heterocycles. The molecule has 0 aliphatic carbocycles. The lowest BCUT2D eigenvalue weighted by Crippen LogP contribution is -2.33. The van der Waals surface area contributed by atoms with E-state index in [4.69, 9.17) is 10.6 Å². The van der Waals surface area contributed by atoms with Gasteiger partial charge in [0, 0.05) is 53.2 Å². The Morgan fingerprint density at radius 2 is 1.94 bits per heavy atom. The van der Waals surface area contributed by atoms with Crippen molar-refractivity contribution in [3.63, 3.8) is 0 Å². The maximum Gasteiger partial charge on any atom is 0.274 e. The van der Waals surface area contributed by atoms with Crippen molar-refractivity contribution in [2.75, 3.05) is 6.61 Å². The lowest BCUT2D eigenvalue weighted by Gasteiger charge is -2.22. The van der Waals surface area contributed by atoms with Crippen LogP contribution in [0.3, 0.4) is 0 Å². The van der Waals surface area contributed by atoms with Crippen LogP contribution in [0.4, 0.5) is 11.4 Å². The highest BCUT2D eigenvalue weighted by atomic mass is 16.7. The van der Waals surface area contributed by atoms with Gasteiger partial charge in [-0.3, -0.25) is 29.5 Å². The summed E-state index contributed by atoms with van der Waals surface area (Å²) in [5.74, 6) is -0.120. The number of nitrogens with two attached hydrogens (primary N) is 1. The number of aldehydes is 1. The van der Waals surface area contributed by atoms with Crippen molar-refractivity contribution in [1.29, 1.82) is 0 Å². The number of hydrogen-bond acceptors (Lipinski definition) is 8. The summed E-state index contributed by atoms with van der Waals surface area (Å²) in [6.45, 7) is 2.12. The molecule has 0 saturated carbocycles. The molecule has 2 N–H and O–H groups in total. The van der Waals surface area contributed by atoms with Gasteiger partial charge in [-0.1, -0.05) is 24.3 Å². The van der Waals surface area contributed by atoms with Crippen molar-refractivity contribution >= 4 is 35.5 Å². The van der Waals surface area contributed by atoms with Crippen molar-refractivity contribution in [2.24, 2.45) is 10.7 Å². The maximum absolute atomic E-state index is 13.4. The van der Waals surface area contributed by atoms with Crippen molar-refractivity contribution in [3.05, 3.63) is 93.3 Å². The molecule has 10 nitrogen and oxygen atoms in total. The van der Waals surface area contributed by atoms with E-state index >= 15 is 0 Å². The van der Waals surface area contributed by atoms with Crippen LogP contribution < -0.4 is 5.73 Å². The van der Waals surface area contributed by atoms with Crippen LogP contribution in [0.2, 0.25) is 0 Å². The topological polar surface area (TPSA) is 141 Å². The number of amides is 1. The van der Waals surface area contributed by atoms with E-state index < -0.39 is 4.92 Å². The van der Waals surface area contributed by atoms with E-state index in [9.17, 15) is 19.7 Å². The molecule has 36 heavy (non-hydrogen) atoms. The Balaban J connectivity index is 1.62. The summed E-state index contributed by atoms with van der Waals surface area (Å²) in [5, 5.41) is 12.1. The Morgan fingerprint density at radius 1 is 1.17 bits per heavy atom. The molecule has 4 rings (SSSR count). The number of hydroxylamine groups is 2. The Bertz CT molecular complexity index is 1380. The summed E-state index contributed by atoms with van der Waals surface area (Å²) in [6, 6.07) is 13.2. The molecular formula is C26H23N5O5. The highest BCUT2D eigenvalue weighted by Gasteiger charge is 2.23. The number of amidine groups is 1. The van der Waals surface area contributed by atoms with Gasteiger partial charge in [-0.05, 0) is 36.3 Å². The molecule has 1 amide bonds. The largest absolute Gasteiger partial charge is 0.387 e. The van der Waals surface area contributed by atoms with Crippen LogP contribution in [-0.2, 0) is 16.2 Å². The van der Waals surface area contributed by atoms with Crippen molar-refractivity contribution in [2.45, 2.75) is 19.9 Å². The van der Waals surface area contributed by atoms with E-state index in [1.165, 1.54) is 23.4 Å². The summed E-state index contributed by atoms with van der Waals surface area (Å²) in [7, 11) is 0. The number of carbonyl (C=O) groups excluding carboxylic acids is 2. The third-order valence-corrected chi connectivity index (χ3v) is 5.48. The number of pyridine rings is 1. The fourth-order valence-electron chi connectivity index (χ4n) is 3.77. The smallest absolute Gasteiger partial charge is 0.274 e. The van der Waals surface area contributed by atoms with Crippen LogP contribution in [0.25, 0.3) is 17.2 Å². The van der Waals surface area contributed by atoms with Gasteiger partial charge in [0.15, 0.2) is 6.29 Å². The van der Waals surface area contributed by atoms with E-state index in [1.54, 1.807) is 37.4 Å². The quantitative estimate of drug-likeness (QED) is 0.286. The van der Waals surface area contributed by atoms with Gasteiger partial charge in [-0.25, -0.2) is 10.1 Å². The van der Waals surface area contributed by atoms with Crippen molar-refractivity contribution < 1.29 is 19.3 Å². The van der Waals surface area contributed by atoms with E-state index in [1.807, 2.05) is 18.2 Å². The zero-order valence-electron chi connectivity index (χ0n) is 19.5. The molecule has 0 unspecified atom stereocenters. The highest BCUT2D eigenvalue weighted by Crippen LogP contribution is 2.32. The third-order valence-electron chi connectivity index (χ3n) is 5.48. The van der Waals surface area contributed by atoms with Gasteiger partial charge in [0.25, 0.3) is 11.6 Å². The number of aromatic nitrogens is 1. The molecule has 0 atom stereocenters. The minimum atomic E-state index is -0.480. The third kappa shape index (κ3) is 5.50. The van der Waals surface area contributed by atoms with Gasteiger partial charge in [-0.2, -0.15) is 0 Å². The van der Waals surface area contributed by atoms with Crippen LogP contribution in [-0.4, -0.2) is 39.6 Å². The number of fused-ring (bicyclic) bond motifs is 1. The predicted octanol–water partition coefficient (Wildman–Crippen LogP) is 4.23. The predicted molar refractivity (Wildman–Crippen MR) is 134 cm³/mol. The SMILES string of the molecule is CCON(Cc1ccc([N+](=O)[O-])cc1)C(=O)C1=Cc2ccc(-c3cncc(C=O)c3)cc2N=C(N)C1. The first-order chi connectivity index (χ1) is 17.4. The normalized spacial score (nSPS) is 12.6. The zero-order chi connectivity index (χ0) is 25.7. The van der Waals surface area contributed by atoms with Crippen molar-refractivity contribution in [3.8, 4) is 11.1 Å². The highest BCUT2D eigenvalue weighted by molar-refractivity contribution is 6.05. The first-order valence-corrected chi connectivity index (χ1v) is 11.1. The number of hydrogen-bond donors (Lipinski definition) is 1. The Kier molecular flexibility index (Phi) is 7.26. The number of aliphatic imine (C=N–C) groups is 1. The van der Waals surface area contributed by atoms with Crippen LogP contribution in [0.15, 0.2) is 71.5 Å². The molecule has 2 heterocycles. The van der Waals surface area contributed by atoms with Gasteiger partial charge in [0.2, 0.25) is 0 Å². The van der Waals surface area contributed by atoms with Gasteiger partial charge in [0.05, 0.1) is 23.8 Å². The van der Waals surface area contributed by atoms with E-state index in [-0.39, 0.29) is 37.0 Å². The van der Waals surface area contributed by atoms with Crippen LogP contribution in [0, 0.1) is 10.1 Å². The maximum atomic E-state index is 13.4. The molecule has 0 spiro atoms. The number of non-ortho nitro benzene ring substituents is 1. The lowest BCUT2D eigenvalue weighted by atomic mass is 10.0. The second-order valence-electron chi connectivity index (χ2n) is 8.03. The second-order valence-corrected chi connectivity index (χ2v) is 8.03. The average Bonchev–Trinajstić information content (AvgIpc) is 3.05. The number of nitrogens with zero attached hydrogens (tertiary/aromatic N) is 4. The average molecular weight is 486 g/mol. The molecule has 0 bridgehead atoms. The van der Waals surface area contributed by atoms with Gasteiger partial charge in [0.1, 0.15) is 5.84 Å². The van der Waals surface area contributed by atoms with Crippen molar-refractivity contribution in [1.82, 2.24) is 10.0 Å². The molecule has 2 aromatic carbocycles. The molecule has 182 valence electrons. The molecule has 0 fully saturated rings. The standard InChI is InChI=1S/C26H23N5O5/c1-2-36-30(15-17-3-7-23(8-4-17)31(34)35)26(33)21-10-20-6-5-19(11-24(20)29-25(27)12-21)22-9-18(16-32)13-28-14-22/h3-11,13-14,16H,2,12,15H2,1H3,(H2,27,29). The summed E-state index contributed by atoms with van der Waals surface area (Å²) < 4.78 is 0. The Morgan fingerprint density at radius 3 is 2.64 bits per heavy atom. The summed E-state index contributed by atoms with van der Waals surface area (Å²) in [5.41, 5.74) is 10.5. The minimum Gasteiger partial charge on any atom is -0.387 e. The number of carbonyl (C=O) groups is 2. The minimum absolute atomic E-state index is 0.0341. The fraction of sp³-hybridized carbons (Fsp3) is 0.154. The summed E-state index contributed by atoms with van der Waals surface area (Å²) in [6.07, 6.45) is 5.72. The van der Waals surface area contributed by atoms with Gasteiger partial charge in [-0.15, -0.1) is 0 Å². The molecule has 3 aromatic rings. The number of benzene rings is 2. The molecule has 1 aliphatic rings. The van der Waals surface area contributed by atoms with E-state index in [0.717, 1.165) is 17.4 Å². The summed E-state index contributed by atoms with van der Waals surface area (Å²) in [4.78, 5) is 49.1. The lowest BCUT2D eigenvalue weighted by molar-refractivity contribution is -0.384. The molecular weight excluding hydrogens is 462 g/mol. The van der Waals surface area contributed by atoms with Crippen LogP contribution in [0.1, 0.15) is 34.8 Å². The Labute approximate surface area is 206 Å². The Hall–Kier alpha value is -4.70. The van der Waals surface area contributed by atoms with Crippen LogP contribution in [0.5, 0.6) is 0 Å². The first kappa shape index (κ1) is 24.4. The molecule has 10 heteroatoms. The van der Waals surface area contributed by atoms with E-state index in [0.29, 0.717) is 28.0 Å². The molecule has 0 radical (unpaired) electrons. The molecule has 0 saturated heterocycles. The zero-order valence-corrected chi connectivity index (χ0v) is 19.5. The number of nitro benzene ring substituents is 1. The van der Waals surface area contributed by atoms with E-state index in [2.05, 4.69) is 9.98 Å². The monoisotopic (exact) mass is 485 g/mol.